The molecule has 0 unspecified atom stereocenters. The van der Waals surface area contributed by atoms with Crippen molar-refractivity contribution in [3.8, 4) is 0 Å². The number of nitrogens with two attached hydrogens (primary N) is 1. The molecule has 0 saturated heterocycles. The second kappa shape index (κ2) is 7.40. The van der Waals surface area contributed by atoms with Crippen LogP contribution in [0.2, 0.25) is 0 Å². The minimum absolute atomic E-state index is 0.102. The maximum Gasteiger partial charge on any atom is 0.293 e. The number of hydrogen-bond donors (Lipinski definition) is 2. The predicted molar refractivity (Wildman–Crippen MR) is 78.8 cm³/mol. The highest BCUT2D eigenvalue weighted by molar-refractivity contribution is 5.30. The smallest absolute Gasteiger partial charge is 0.293 e. The summed E-state index contributed by atoms with van der Waals surface area (Å²) in [6.45, 7) is 1.40. The topological polar surface area (TPSA) is 82.2 Å². The summed E-state index contributed by atoms with van der Waals surface area (Å²) < 4.78 is 7.33. The number of aryl methyl sites for hydroxylation is 1. The molecule has 20 heavy (non-hydrogen) atoms. The van der Waals surface area contributed by atoms with Gasteiger partial charge in [-0.15, -0.1) is 0 Å². The van der Waals surface area contributed by atoms with Crippen molar-refractivity contribution in [2.24, 2.45) is 12.8 Å². The number of aromatic nitrogens is 2. The fourth-order valence-electron chi connectivity index (χ4n) is 2.40. The standard InChI is InChI=1S/C14H24N4O2/c1-18-9-8-17-13(14(18)19)16-7-2-10-20-12-5-3-11(15)4-6-12/h8-9,11-12H,2-7,10,15H2,1H3,(H,16,17). The molecule has 1 aliphatic rings. The van der Waals surface area contributed by atoms with Gasteiger partial charge in [0.1, 0.15) is 0 Å². The number of nitrogens with zero attached hydrogens (tertiary/aromatic N) is 2. The Morgan fingerprint density at radius 1 is 1.45 bits per heavy atom. The second-order valence-corrected chi connectivity index (χ2v) is 5.38. The summed E-state index contributed by atoms with van der Waals surface area (Å²) in [6.07, 6.45) is 8.74. The summed E-state index contributed by atoms with van der Waals surface area (Å²) in [7, 11) is 1.71. The Morgan fingerprint density at radius 3 is 2.95 bits per heavy atom. The Labute approximate surface area is 119 Å². The molecule has 0 bridgehead atoms. The van der Waals surface area contributed by atoms with Gasteiger partial charge in [-0.2, -0.15) is 0 Å². The van der Waals surface area contributed by atoms with E-state index in [9.17, 15) is 4.79 Å². The molecule has 1 saturated carbocycles. The van der Waals surface area contributed by atoms with Crippen LogP contribution in [0.4, 0.5) is 5.82 Å². The van der Waals surface area contributed by atoms with Gasteiger partial charge in [-0.25, -0.2) is 4.98 Å². The van der Waals surface area contributed by atoms with E-state index in [-0.39, 0.29) is 5.56 Å². The van der Waals surface area contributed by atoms with Gasteiger partial charge in [0.05, 0.1) is 6.10 Å². The quantitative estimate of drug-likeness (QED) is 0.756. The Balaban J connectivity index is 1.62. The van der Waals surface area contributed by atoms with Gasteiger partial charge in [0.25, 0.3) is 5.56 Å². The molecule has 0 amide bonds. The SMILES string of the molecule is Cn1ccnc(NCCCOC2CCC(N)CC2)c1=O. The van der Waals surface area contributed by atoms with Crippen LogP contribution in [-0.2, 0) is 11.8 Å². The molecule has 1 heterocycles. The highest BCUT2D eigenvalue weighted by Gasteiger charge is 2.18. The van der Waals surface area contributed by atoms with Gasteiger partial charge in [0.15, 0.2) is 5.82 Å². The molecule has 0 aliphatic heterocycles. The molecule has 2 rings (SSSR count). The van der Waals surface area contributed by atoms with Gasteiger partial charge in [0.2, 0.25) is 0 Å². The molecule has 6 heteroatoms. The van der Waals surface area contributed by atoms with E-state index < -0.39 is 0 Å². The molecule has 0 spiro atoms. The van der Waals surface area contributed by atoms with Crippen molar-refractivity contribution in [1.29, 1.82) is 0 Å². The second-order valence-electron chi connectivity index (χ2n) is 5.38. The summed E-state index contributed by atoms with van der Waals surface area (Å²) in [5.41, 5.74) is 5.76. The molecule has 0 aromatic carbocycles. The number of nitrogens with one attached hydrogen (secondary N) is 1. The van der Waals surface area contributed by atoms with Crippen molar-refractivity contribution < 1.29 is 4.74 Å². The van der Waals surface area contributed by atoms with Crippen LogP contribution >= 0.6 is 0 Å². The first-order valence-corrected chi connectivity index (χ1v) is 7.29. The van der Waals surface area contributed by atoms with Crippen LogP contribution in [-0.4, -0.2) is 34.8 Å². The Hall–Kier alpha value is -1.40. The summed E-state index contributed by atoms with van der Waals surface area (Å²) in [5.74, 6) is 0.402. The van der Waals surface area contributed by atoms with Crippen molar-refractivity contribution in [3.05, 3.63) is 22.7 Å². The average molecular weight is 280 g/mol. The van der Waals surface area contributed by atoms with E-state index in [4.69, 9.17) is 10.5 Å². The number of hydrogen-bond acceptors (Lipinski definition) is 5. The first-order chi connectivity index (χ1) is 9.66. The third-order valence-electron chi connectivity index (χ3n) is 3.70. The van der Waals surface area contributed by atoms with E-state index >= 15 is 0 Å². The molecule has 3 N–H and O–H groups in total. The summed E-state index contributed by atoms with van der Waals surface area (Å²) >= 11 is 0. The lowest BCUT2D eigenvalue weighted by Gasteiger charge is -2.26. The Kier molecular flexibility index (Phi) is 5.55. The summed E-state index contributed by atoms with van der Waals surface area (Å²) in [5, 5.41) is 3.05. The third kappa shape index (κ3) is 4.31. The highest BCUT2D eigenvalue weighted by Crippen LogP contribution is 2.19. The van der Waals surface area contributed by atoms with Crippen LogP contribution in [0, 0.1) is 0 Å². The van der Waals surface area contributed by atoms with Gasteiger partial charge in [-0.05, 0) is 32.1 Å². The van der Waals surface area contributed by atoms with Crippen molar-refractivity contribution in [1.82, 2.24) is 9.55 Å². The van der Waals surface area contributed by atoms with E-state index in [2.05, 4.69) is 10.3 Å². The molecular weight excluding hydrogens is 256 g/mol. The molecule has 0 radical (unpaired) electrons. The molecular formula is C14H24N4O2. The van der Waals surface area contributed by atoms with Crippen molar-refractivity contribution in [2.75, 3.05) is 18.5 Å². The predicted octanol–water partition coefficient (Wildman–Crippen LogP) is 0.869. The zero-order valence-corrected chi connectivity index (χ0v) is 12.0. The van der Waals surface area contributed by atoms with Crippen molar-refractivity contribution in [2.45, 2.75) is 44.2 Å². The number of anilines is 1. The van der Waals surface area contributed by atoms with Gasteiger partial charge < -0.3 is 20.4 Å². The van der Waals surface area contributed by atoms with Crippen molar-refractivity contribution in [3.63, 3.8) is 0 Å². The average Bonchev–Trinajstić information content (AvgIpc) is 2.45. The first-order valence-electron chi connectivity index (χ1n) is 7.29. The lowest BCUT2D eigenvalue weighted by Crippen LogP contribution is -2.30. The van der Waals surface area contributed by atoms with Crippen molar-refractivity contribution >= 4 is 5.82 Å². The number of rotatable bonds is 6. The highest BCUT2D eigenvalue weighted by atomic mass is 16.5. The van der Waals surface area contributed by atoms with Crippen LogP contribution in [0.3, 0.4) is 0 Å². The van der Waals surface area contributed by atoms with Gasteiger partial charge in [-0.1, -0.05) is 0 Å². The van der Waals surface area contributed by atoms with Crippen LogP contribution in [0.25, 0.3) is 0 Å². The van der Waals surface area contributed by atoms with Crippen LogP contribution in [0.1, 0.15) is 32.1 Å². The number of ether oxygens (including phenoxy) is 1. The monoisotopic (exact) mass is 280 g/mol. The first kappa shape index (κ1) is 15.0. The van der Waals surface area contributed by atoms with Crippen LogP contribution < -0.4 is 16.6 Å². The van der Waals surface area contributed by atoms with Gasteiger partial charge >= 0.3 is 0 Å². The van der Waals surface area contributed by atoms with E-state index in [0.29, 0.717) is 31.1 Å². The minimum atomic E-state index is -0.102. The lowest BCUT2D eigenvalue weighted by molar-refractivity contribution is 0.0251. The largest absolute Gasteiger partial charge is 0.378 e. The molecule has 0 atom stereocenters. The Bertz CT molecular complexity index is 466. The zero-order chi connectivity index (χ0) is 14.4. The molecule has 1 aromatic rings. The Morgan fingerprint density at radius 2 is 2.20 bits per heavy atom. The lowest BCUT2D eigenvalue weighted by atomic mass is 9.94. The molecule has 1 aliphatic carbocycles. The van der Waals surface area contributed by atoms with Crippen LogP contribution in [0.5, 0.6) is 0 Å². The summed E-state index contributed by atoms with van der Waals surface area (Å²) in [6, 6.07) is 0.358. The molecule has 1 fully saturated rings. The fourth-order valence-corrected chi connectivity index (χ4v) is 2.40. The maximum atomic E-state index is 11.7. The third-order valence-corrected chi connectivity index (χ3v) is 3.70. The molecule has 112 valence electrons. The maximum absolute atomic E-state index is 11.7. The normalized spacial score (nSPS) is 22.7. The van der Waals surface area contributed by atoms with E-state index in [1.165, 1.54) is 4.57 Å². The van der Waals surface area contributed by atoms with Gasteiger partial charge in [-0.3, -0.25) is 4.79 Å². The summed E-state index contributed by atoms with van der Waals surface area (Å²) in [4.78, 5) is 15.7. The van der Waals surface area contributed by atoms with Crippen LogP contribution in [0.15, 0.2) is 17.2 Å². The van der Waals surface area contributed by atoms with E-state index in [0.717, 1.165) is 32.1 Å². The van der Waals surface area contributed by atoms with Gasteiger partial charge in [0, 0.05) is 38.6 Å². The van der Waals surface area contributed by atoms with E-state index in [1.807, 2.05) is 0 Å². The minimum Gasteiger partial charge on any atom is -0.378 e. The zero-order valence-electron chi connectivity index (χ0n) is 12.0. The fraction of sp³-hybridized carbons (Fsp3) is 0.714. The molecule has 6 nitrogen and oxygen atoms in total. The van der Waals surface area contributed by atoms with E-state index in [1.54, 1.807) is 19.4 Å². The molecule has 1 aromatic heterocycles.